The number of hydrogen-bond donors (Lipinski definition) is 1. The minimum absolute atomic E-state index is 0.106. The first kappa shape index (κ1) is 13.2. The summed E-state index contributed by atoms with van der Waals surface area (Å²) in [4.78, 5) is 14.4. The summed E-state index contributed by atoms with van der Waals surface area (Å²) in [6, 6.07) is 7.80. The Balaban J connectivity index is 1.71. The molecule has 0 spiro atoms. The molecule has 1 aromatic carbocycles. The number of hydrogen-bond acceptors (Lipinski definition) is 3. The van der Waals surface area contributed by atoms with E-state index in [2.05, 4.69) is 0 Å². The smallest absolute Gasteiger partial charge is 0.253 e. The van der Waals surface area contributed by atoms with E-state index in [4.69, 9.17) is 10.5 Å². The summed E-state index contributed by atoms with van der Waals surface area (Å²) in [5, 5.41) is 0. The van der Waals surface area contributed by atoms with Crippen LogP contribution < -0.4 is 10.5 Å². The van der Waals surface area contributed by atoms with Crippen LogP contribution in [0.2, 0.25) is 0 Å². The second-order valence-electron chi connectivity index (χ2n) is 5.47. The van der Waals surface area contributed by atoms with Crippen molar-refractivity contribution >= 4 is 12.0 Å². The SMILES string of the molecule is NCC1CCN(C(=O)C2=Cc3ccccc3OC2)CC1. The van der Waals surface area contributed by atoms with Gasteiger partial charge in [-0.25, -0.2) is 0 Å². The summed E-state index contributed by atoms with van der Waals surface area (Å²) in [6.45, 7) is 2.70. The molecular weight excluding hydrogens is 252 g/mol. The van der Waals surface area contributed by atoms with Crippen molar-refractivity contribution in [3.63, 3.8) is 0 Å². The normalized spacial score (nSPS) is 19.1. The molecule has 0 unspecified atom stereocenters. The molecular formula is C16H20N2O2. The second kappa shape index (κ2) is 5.67. The predicted octanol–water partition coefficient (Wildman–Crippen LogP) is 1.66. The quantitative estimate of drug-likeness (QED) is 0.891. The van der Waals surface area contributed by atoms with E-state index in [0.717, 1.165) is 49.4 Å². The van der Waals surface area contributed by atoms with E-state index in [1.165, 1.54) is 0 Å². The molecule has 0 radical (unpaired) electrons. The van der Waals surface area contributed by atoms with Gasteiger partial charge >= 0.3 is 0 Å². The Morgan fingerprint density at radius 3 is 2.80 bits per heavy atom. The number of benzene rings is 1. The fourth-order valence-electron chi connectivity index (χ4n) is 2.81. The molecule has 0 aromatic heterocycles. The highest BCUT2D eigenvalue weighted by Crippen LogP contribution is 2.27. The van der Waals surface area contributed by atoms with E-state index < -0.39 is 0 Å². The third kappa shape index (κ3) is 2.56. The van der Waals surface area contributed by atoms with Crippen molar-refractivity contribution < 1.29 is 9.53 Å². The van der Waals surface area contributed by atoms with Crippen molar-refractivity contribution in [2.24, 2.45) is 11.7 Å². The van der Waals surface area contributed by atoms with Crippen LogP contribution in [0.1, 0.15) is 18.4 Å². The lowest BCUT2D eigenvalue weighted by Gasteiger charge is -2.32. The molecule has 0 saturated carbocycles. The van der Waals surface area contributed by atoms with Crippen LogP contribution in [-0.2, 0) is 4.79 Å². The Bertz CT molecular complexity index is 531. The molecule has 1 fully saturated rings. The van der Waals surface area contributed by atoms with Gasteiger partial charge in [-0.2, -0.15) is 0 Å². The van der Waals surface area contributed by atoms with Gasteiger partial charge in [0.05, 0.1) is 5.57 Å². The maximum atomic E-state index is 12.5. The van der Waals surface area contributed by atoms with Crippen molar-refractivity contribution in [2.75, 3.05) is 26.2 Å². The highest BCUT2D eigenvalue weighted by atomic mass is 16.5. The largest absolute Gasteiger partial charge is 0.488 e. The predicted molar refractivity (Wildman–Crippen MR) is 78.3 cm³/mol. The molecule has 0 bridgehead atoms. The Morgan fingerprint density at radius 1 is 1.30 bits per heavy atom. The zero-order chi connectivity index (χ0) is 13.9. The van der Waals surface area contributed by atoms with Crippen LogP contribution in [0.5, 0.6) is 5.75 Å². The minimum Gasteiger partial charge on any atom is -0.488 e. The van der Waals surface area contributed by atoms with Crippen LogP contribution in [0.15, 0.2) is 29.8 Å². The fourth-order valence-corrected chi connectivity index (χ4v) is 2.81. The summed E-state index contributed by atoms with van der Waals surface area (Å²) in [5.74, 6) is 1.53. The number of likely N-dealkylation sites (tertiary alicyclic amines) is 1. The van der Waals surface area contributed by atoms with Gasteiger partial charge in [-0.3, -0.25) is 4.79 Å². The van der Waals surface area contributed by atoms with Gasteiger partial charge < -0.3 is 15.4 Å². The zero-order valence-electron chi connectivity index (χ0n) is 11.5. The van der Waals surface area contributed by atoms with Gasteiger partial charge in [0.2, 0.25) is 0 Å². The number of carbonyl (C=O) groups excluding carboxylic acids is 1. The van der Waals surface area contributed by atoms with E-state index >= 15 is 0 Å². The van der Waals surface area contributed by atoms with Gasteiger partial charge in [0.25, 0.3) is 5.91 Å². The summed E-state index contributed by atoms with van der Waals surface area (Å²) in [6.07, 6.45) is 3.97. The maximum Gasteiger partial charge on any atom is 0.253 e. The van der Waals surface area contributed by atoms with Crippen molar-refractivity contribution in [3.05, 3.63) is 35.4 Å². The molecule has 1 amide bonds. The Hall–Kier alpha value is -1.81. The molecule has 4 heteroatoms. The van der Waals surface area contributed by atoms with Gasteiger partial charge in [-0.05, 0) is 37.4 Å². The molecule has 106 valence electrons. The van der Waals surface area contributed by atoms with Gasteiger partial charge in [0.1, 0.15) is 12.4 Å². The molecule has 2 aliphatic rings. The minimum atomic E-state index is 0.106. The zero-order valence-corrected chi connectivity index (χ0v) is 11.5. The topological polar surface area (TPSA) is 55.6 Å². The lowest BCUT2D eigenvalue weighted by atomic mass is 9.96. The Morgan fingerprint density at radius 2 is 2.05 bits per heavy atom. The van der Waals surface area contributed by atoms with Crippen LogP contribution in [0.25, 0.3) is 6.08 Å². The third-order valence-corrected chi connectivity index (χ3v) is 4.14. The van der Waals surface area contributed by atoms with Crippen LogP contribution in [0, 0.1) is 5.92 Å². The first-order valence-corrected chi connectivity index (χ1v) is 7.19. The van der Waals surface area contributed by atoms with Crippen molar-refractivity contribution in [1.29, 1.82) is 0 Å². The van der Waals surface area contributed by atoms with Crippen LogP contribution in [-0.4, -0.2) is 37.0 Å². The monoisotopic (exact) mass is 272 g/mol. The van der Waals surface area contributed by atoms with Crippen LogP contribution in [0.3, 0.4) is 0 Å². The maximum absolute atomic E-state index is 12.5. The number of carbonyl (C=O) groups is 1. The van der Waals surface area contributed by atoms with Crippen molar-refractivity contribution in [2.45, 2.75) is 12.8 Å². The number of piperidine rings is 1. The fraction of sp³-hybridized carbons (Fsp3) is 0.438. The molecule has 2 heterocycles. The van der Waals surface area contributed by atoms with Crippen LogP contribution in [0.4, 0.5) is 0 Å². The van der Waals surface area contributed by atoms with E-state index in [0.29, 0.717) is 12.5 Å². The van der Waals surface area contributed by atoms with Crippen molar-refractivity contribution in [1.82, 2.24) is 4.90 Å². The lowest BCUT2D eigenvalue weighted by molar-refractivity contribution is -0.128. The Labute approximate surface area is 119 Å². The Kier molecular flexibility index (Phi) is 3.74. The highest BCUT2D eigenvalue weighted by molar-refractivity contribution is 5.99. The van der Waals surface area contributed by atoms with Crippen LogP contribution >= 0.6 is 0 Å². The average molecular weight is 272 g/mol. The molecule has 2 N–H and O–H groups in total. The van der Waals surface area contributed by atoms with Gasteiger partial charge in [0, 0.05) is 18.7 Å². The molecule has 1 saturated heterocycles. The van der Waals surface area contributed by atoms with Gasteiger partial charge in [-0.15, -0.1) is 0 Å². The summed E-state index contributed by atoms with van der Waals surface area (Å²) in [5.41, 5.74) is 7.42. The van der Waals surface area contributed by atoms with Gasteiger partial charge in [-0.1, -0.05) is 18.2 Å². The van der Waals surface area contributed by atoms with E-state index in [1.54, 1.807) is 0 Å². The van der Waals surface area contributed by atoms with E-state index in [-0.39, 0.29) is 5.91 Å². The number of ether oxygens (including phenoxy) is 1. The number of rotatable bonds is 2. The summed E-state index contributed by atoms with van der Waals surface area (Å²) >= 11 is 0. The molecule has 2 aliphatic heterocycles. The lowest BCUT2D eigenvalue weighted by Crippen LogP contribution is -2.41. The van der Waals surface area contributed by atoms with Crippen molar-refractivity contribution in [3.8, 4) is 5.75 Å². The third-order valence-electron chi connectivity index (χ3n) is 4.14. The summed E-state index contributed by atoms with van der Waals surface area (Å²) in [7, 11) is 0. The standard InChI is InChI=1S/C16H20N2O2/c17-10-12-5-7-18(8-6-12)16(19)14-9-13-3-1-2-4-15(13)20-11-14/h1-4,9,12H,5-8,10-11,17H2. The molecule has 0 aliphatic carbocycles. The molecule has 1 aromatic rings. The van der Waals surface area contributed by atoms with E-state index in [9.17, 15) is 4.79 Å². The first-order valence-electron chi connectivity index (χ1n) is 7.19. The number of para-hydroxylation sites is 1. The molecule has 0 atom stereocenters. The van der Waals surface area contributed by atoms with Gasteiger partial charge in [0.15, 0.2) is 0 Å². The molecule has 3 rings (SSSR count). The number of fused-ring (bicyclic) bond motifs is 1. The number of amides is 1. The second-order valence-corrected chi connectivity index (χ2v) is 5.47. The number of nitrogens with two attached hydrogens (primary N) is 1. The van der Waals surface area contributed by atoms with E-state index in [1.807, 2.05) is 35.2 Å². The average Bonchev–Trinajstić information content (AvgIpc) is 2.54. The molecule has 20 heavy (non-hydrogen) atoms. The molecule has 4 nitrogen and oxygen atoms in total. The highest BCUT2D eigenvalue weighted by Gasteiger charge is 2.26. The summed E-state index contributed by atoms with van der Waals surface area (Å²) < 4.78 is 5.65. The first-order chi connectivity index (χ1) is 9.78. The number of nitrogens with zero attached hydrogens (tertiary/aromatic N) is 1.